The van der Waals surface area contributed by atoms with Gasteiger partial charge in [-0.15, -0.1) is 18.3 Å². The standard InChI is InChI=1S/C28H24F3N5O2S/c1-18-4-3-5-19(2)26(18)36-25(37)17-39-27(36)35-34-15-20-6-8-21(9-7-20)22(14-32)16-33-23-10-12-24(13-11-23)38-28(29,30)31/h3-16,32-33H,17H2,1-2H3/b22-16+,32-14?,34-15+,35-27-. The monoisotopic (exact) mass is 551 g/mol. The summed E-state index contributed by atoms with van der Waals surface area (Å²) in [6, 6.07) is 18.4. The topological polar surface area (TPSA) is 90.1 Å². The van der Waals surface area contributed by atoms with E-state index in [-0.39, 0.29) is 11.7 Å². The number of thioether (sulfide) groups is 1. The van der Waals surface area contributed by atoms with Crippen molar-refractivity contribution >= 4 is 52.2 Å². The number of alkyl halides is 3. The molecule has 0 bridgehead atoms. The lowest BCUT2D eigenvalue weighted by molar-refractivity contribution is -0.274. The summed E-state index contributed by atoms with van der Waals surface area (Å²) in [5.74, 6) is -0.0570. The molecular weight excluding hydrogens is 527 g/mol. The van der Waals surface area contributed by atoms with E-state index in [4.69, 9.17) is 5.41 Å². The number of hydrogen-bond donors (Lipinski definition) is 2. The first-order valence-corrected chi connectivity index (χ1v) is 12.7. The summed E-state index contributed by atoms with van der Waals surface area (Å²) in [5.41, 5.74) is 5.40. The first kappa shape index (κ1) is 27.6. The summed E-state index contributed by atoms with van der Waals surface area (Å²) in [7, 11) is 0. The molecule has 11 heteroatoms. The number of halogens is 3. The highest BCUT2D eigenvalue weighted by molar-refractivity contribution is 8.15. The smallest absolute Gasteiger partial charge is 0.406 e. The number of benzene rings is 3. The Morgan fingerprint density at radius 1 is 1.05 bits per heavy atom. The normalized spacial score (nSPS) is 15.3. The molecule has 1 heterocycles. The van der Waals surface area contributed by atoms with Gasteiger partial charge in [-0.3, -0.25) is 9.69 Å². The van der Waals surface area contributed by atoms with E-state index in [1.807, 2.05) is 56.3 Å². The van der Waals surface area contributed by atoms with Gasteiger partial charge in [0, 0.05) is 23.7 Å². The third-order valence-electron chi connectivity index (χ3n) is 5.66. The second-order valence-corrected chi connectivity index (χ2v) is 9.41. The first-order valence-electron chi connectivity index (χ1n) is 11.7. The number of allylic oxidation sites excluding steroid dienone is 1. The number of nitrogens with zero attached hydrogens (tertiary/aromatic N) is 3. The van der Waals surface area contributed by atoms with Crippen LogP contribution >= 0.6 is 11.8 Å². The fourth-order valence-corrected chi connectivity index (χ4v) is 4.65. The molecule has 1 amide bonds. The number of aryl methyl sites for hydroxylation is 2. The van der Waals surface area contributed by atoms with Crippen LogP contribution in [0.1, 0.15) is 22.3 Å². The Balaban J connectivity index is 1.43. The number of rotatable bonds is 8. The molecular formula is C28H24F3N5O2S. The lowest BCUT2D eigenvalue weighted by Gasteiger charge is -2.20. The van der Waals surface area contributed by atoms with Gasteiger partial charge in [-0.2, -0.15) is 5.10 Å². The van der Waals surface area contributed by atoms with E-state index in [0.717, 1.165) is 27.9 Å². The highest BCUT2D eigenvalue weighted by Gasteiger charge is 2.32. The van der Waals surface area contributed by atoms with Crippen LogP contribution < -0.4 is 15.0 Å². The highest BCUT2D eigenvalue weighted by atomic mass is 32.2. The molecule has 0 unspecified atom stereocenters. The predicted octanol–water partition coefficient (Wildman–Crippen LogP) is 6.77. The summed E-state index contributed by atoms with van der Waals surface area (Å²) in [6.45, 7) is 3.91. The molecule has 1 fully saturated rings. The number of ether oxygens (including phenoxy) is 1. The van der Waals surface area contributed by atoms with Gasteiger partial charge in [0.25, 0.3) is 0 Å². The Bertz CT molecular complexity index is 1430. The Labute approximate surface area is 227 Å². The maximum absolute atomic E-state index is 12.6. The van der Waals surface area contributed by atoms with Crippen LogP contribution in [0.25, 0.3) is 5.57 Å². The van der Waals surface area contributed by atoms with Crippen molar-refractivity contribution in [2.75, 3.05) is 16.0 Å². The number of carbonyl (C=O) groups excluding carboxylic acids is 1. The largest absolute Gasteiger partial charge is 0.573 e. The number of anilines is 2. The van der Waals surface area contributed by atoms with Gasteiger partial charge >= 0.3 is 6.36 Å². The summed E-state index contributed by atoms with van der Waals surface area (Å²) < 4.78 is 40.8. The molecule has 1 saturated heterocycles. The lowest BCUT2D eigenvalue weighted by atomic mass is 10.1. The zero-order valence-electron chi connectivity index (χ0n) is 21.0. The van der Waals surface area contributed by atoms with Crippen molar-refractivity contribution in [1.29, 1.82) is 5.41 Å². The van der Waals surface area contributed by atoms with Crippen LogP contribution in [0.3, 0.4) is 0 Å². The van der Waals surface area contributed by atoms with Crippen LogP contribution in [0.4, 0.5) is 24.5 Å². The molecule has 0 radical (unpaired) electrons. The molecule has 0 aromatic heterocycles. The second kappa shape index (κ2) is 12.0. The molecule has 0 atom stereocenters. The zero-order chi connectivity index (χ0) is 28.0. The van der Waals surface area contributed by atoms with Crippen LogP contribution in [0.2, 0.25) is 0 Å². The van der Waals surface area contributed by atoms with E-state index < -0.39 is 6.36 Å². The van der Waals surface area contributed by atoms with Crippen LogP contribution in [0, 0.1) is 19.3 Å². The molecule has 3 aromatic rings. The van der Waals surface area contributed by atoms with Gasteiger partial charge < -0.3 is 15.5 Å². The fourth-order valence-electron chi connectivity index (χ4n) is 3.84. The highest BCUT2D eigenvalue weighted by Crippen LogP contribution is 2.32. The van der Waals surface area contributed by atoms with E-state index in [1.165, 1.54) is 42.2 Å². The average Bonchev–Trinajstić information content (AvgIpc) is 3.25. The Morgan fingerprint density at radius 2 is 1.72 bits per heavy atom. The molecule has 200 valence electrons. The minimum Gasteiger partial charge on any atom is -0.406 e. The van der Waals surface area contributed by atoms with Crippen LogP contribution in [-0.4, -0.2) is 35.6 Å². The quantitative estimate of drug-likeness (QED) is 0.239. The average molecular weight is 552 g/mol. The van der Waals surface area contributed by atoms with Crippen LogP contribution in [0.15, 0.2) is 83.1 Å². The fraction of sp³-hybridized carbons (Fsp3) is 0.143. The van der Waals surface area contributed by atoms with Gasteiger partial charge in [0.15, 0.2) is 5.17 Å². The molecule has 2 N–H and O–H groups in total. The van der Waals surface area contributed by atoms with Crippen LogP contribution in [-0.2, 0) is 4.79 Å². The van der Waals surface area contributed by atoms with E-state index in [1.54, 1.807) is 17.3 Å². The maximum atomic E-state index is 12.6. The van der Waals surface area contributed by atoms with Gasteiger partial charge in [-0.05, 0) is 60.4 Å². The third-order valence-corrected chi connectivity index (χ3v) is 6.57. The molecule has 3 aromatic carbocycles. The molecule has 1 aliphatic rings. The molecule has 0 aliphatic carbocycles. The summed E-state index contributed by atoms with van der Waals surface area (Å²) in [4.78, 5) is 14.2. The number of nitrogens with one attached hydrogen (secondary N) is 2. The van der Waals surface area contributed by atoms with E-state index in [2.05, 4.69) is 20.3 Å². The number of hydrogen-bond acceptors (Lipinski definition) is 7. The molecule has 1 aliphatic heterocycles. The Kier molecular flexibility index (Phi) is 8.50. The minimum atomic E-state index is -4.75. The van der Waals surface area contributed by atoms with Crippen molar-refractivity contribution in [3.8, 4) is 5.75 Å². The van der Waals surface area contributed by atoms with Crippen molar-refractivity contribution in [1.82, 2.24) is 0 Å². The number of amides is 1. The molecule has 0 spiro atoms. The van der Waals surface area contributed by atoms with Crippen molar-refractivity contribution in [2.24, 2.45) is 10.2 Å². The van der Waals surface area contributed by atoms with Gasteiger partial charge in [-0.1, -0.05) is 54.2 Å². The number of amidine groups is 1. The van der Waals surface area contributed by atoms with E-state index >= 15 is 0 Å². The molecule has 7 nitrogen and oxygen atoms in total. The van der Waals surface area contributed by atoms with Crippen molar-refractivity contribution < 1.29 is 22.7 Å². The molecule has 4 rings (SSSR count). The van der Waals surface area contributed by atoms with Crippen molar-refractivity contribution in [3.05, 3.63) is 95.2 Å². The van der Waals surface area contributed by atoms with Gasteiger partial charge in [0.1, 0.15) is 5.75 Å². The Hall–Kier alpha value is -4.38. The zero-order valence-corrected chi connectivity index (χ0v) is 21.8. The SMILES string of the molecule is Cc1cccc(C)c1N1C(=O)CS/C1=N\N=C\c1ccc(/C(C=N)=C/Nc2ccc(OC(F)(F)F)cc2)cc1. The summed E-state index contributed by atoms with van der Waals surface area (Å²) in [6.07, 6.45) is -0.418. The second-order valence-electron chi connectivity index (χ2n) is 8.47. The molecule has 39 heavy (non-hydrogen) atoms. The van der Waals surface area contributed by atoms with Crippen molar-refractivity contribution in [2.45, 2.75) is 20.2 Å². The predicted molar refractivity (Wildman–Crippen MR) is 151 cm³/mol. The maximum Gasteiger partial charge on any atom is 0.573 e. The van der Waals surface area contributed by atoms with E-state index in [9.17, 15) is 18.0 Å². The lowest BCUT2D eigenvalue weighted by Crippen LogP contribution is -2.30. The first-order chi connectivity index (χ1) is 18.6. The van der Waals surface area contributed by atoms with E-state index in [0.29, 0.717) is 22.2 Å². The minimum absolute atomic E-state index is 0.0409. The number of para-hydroxylation sites is 1. The molecule has 0 saturated carbocycles. The van der Waals surface area contributed by atoms with Gasteiger partial charge in [0.2, 0.25) is 5.91 Å². The van der Waals surface area contributed by atoms with Gasteiger partial charge in [0.05, 0.1) is 17.7 Å². The summed E-state index contributed by atoms with van der Waals surface area (Å²) >= 11 is 1.34. The summed E-state index contributed by atoms with van der Waals surface area (Å²) in [5, 5.41) is 19.7. The Morgan fingerprint density at radius 3 is 2.33 bits per heavy atom. The number of carbonyl (C=O) groups is 1. The van der Waals surface area contributed by atoms with Gasteiger partial charge in [-0.25, -0.2) is 0 Å². The van der Waals surface area contributed by atoms with Crippen molar-refractivity contribution in [3.63, 3.8) is 0 Å². The van der Waals surface area contributed by atoms with Crippen LogP contribution in [0.5, 0.6) is 5.75 Å². The third kappa shape index (κ3) is 7.14.